The molecule has 3 N–H and O–H groups in total. The Morgan fingerprint density at radius 1 is 1.77 bits per heavy atom. The number of hydrogen-bond donors (Lipinski definition) is 2. The molecule has 13 heavy (non-hydrogen) atoms. The molecule has 0 amide bonds. The number of hydrogen-bond acceptors (Lipinski definition) is 3. The summed E-state index contributed by atoms with van der Waals surface area (Å²) in [6, 6.07) is 1.83. The van der Waals surface area contributed by atoms with E-state index in [4.69, 9.17) is 22.4 Å². The standard InChI is InChI=1S/C8H10ClIN2O/c1-8(11,4-13)6-2-5(10)3-12-7(6)9/h2-3,13H,4,11H2,1H3/t8-/m0/s1. The fourth-order valence-corrected chi connectivity index (χ4v) is 1.68. The van der Waals surface area contributed by atoms with Gasteiger partial charge in [0, 0.05) is 15.3 Å². The fraction of sp³-hybridized carbons (Fsp3) is 0.375. The molecule has 0 saturated heterocycles. The van der Waals surface area contributed by atoms with Crippen LogP contribution in [0.5, 0.6) is 0 Å². The van der Waals surface area contributed by atoms with Crippen molar-refractivity contribution in [2.75, 3.05) is 6.61 Å². The number of pyridine rings is 1. The fourth-order valence-electron chi connectivity index (χ4n) is 0.908. The van der Waals surface area contributed by atoms with Crippen molar-refractivity contribution in [3.63, 3.8) is 0 Å². The monoisotopic (exact) mass is 312 g/mol. The zero-order chi connectivity index (χ0) is 10.1. The van der Waals surface area contributed by atoms with Crippen molar-refractivity contribution in [2.45, 2.75) is 12.5 Å². The molecular weight excluding hydrogens is 302 g/mol. The Labute approximate surface area is 95.4 Å². The molecule has 72 valence electrons. The van der Waals surface area contributed by atoms with Gasteiger partial charge < -0.3 is 10.8 Å². The van der Waals surface area contributed by atoms with E-state index in [0.29, 0.717) is 10.7 Å². The first kappa shape index (κ1) is 11.2. The van der Waals surface area contributed by atoms with Gasteiger partial charge in [-0.15, -0.1) is 0 Å². The van der Waals surface area contributed by atoms with E-state index in [-0.39, 0.29) is 6.61 Å². The zero-order valence-corrected chi connectivity index (χ0v) is 10.0. The average Bonchev–Trinajstić information content (AvgIpc) is 2.09. The minimum atomic E-state index is -0.828. The molecule has 0 spiro atoms. The SMILES string of the molecule is C[C@](N)(CO)c1cc(I)cnc1Cl. The number of aromatic nitrogens is 1. The summed E-state index contributed by atoms with van der Waals surface area (Å²) in [6.07, 6.45) is 1.65. The number of aliphatic hydroxyl groups excluding tert-OH is 1. The first-order valence-corrected chi connectivity index (χ1v) is 5.14. The summed E-state index contributed by atoms with van der Waals surface area (Å²) in [5.41, 5.74) is 5.67. The van der Waals surface area contributed by atoms with E-state index in [1.165, 1.54) is 0 Å². The first-order chi connectivity index (χ1) is 5.97. The lowest BCUT2D eigenvalue weighted by Gasteiger charge is -2.22. The summed E-state index contributed by atoms with van der Waals surface area (Å²) in [5.74, 6) is 0. The van der Waals surface area contributed by atoms with Crippen LogP contribution in [0.2, 0.25) is 5.15 Å². The van der Waals surface area contributed by atoms with E-state index in [0.717, 1.165) is 3.57 Å². The van der Waals surface area contributed by atoms with E-state index in [1.807, 2.05) is 6.07 Å². The van der Waals surface area contributed by atoms with Gasteiger partial charge in [-0.25, -0.2) is 4.98 Å². The summed E-state index contributed by atoms with van der Waals surface area (Å²) in [5, 5.41) is 9.40. The second-order valence-corrected chi connectivity index (χ2v) is 4.67. The Balaban J connectivity index is 3.20. The molecule has 0 unspecified atom stereocenters. The zero-order valence-electron chi connectivity index (χ0n) is 7.09. The third kappa shape index (κ3) is 2.52. The highest BCUT2D eigenvalue weighted by Crippen LogP contribution is 2.25. The maximum atomic E-state index is 9.05. The lowest BCUT2D eigenvalue weighted by molar-refractivity contribution is 0.210. The highest BCUT2D eigenvalue weighted by molar-refractivity contribution is 14.1. The van der Waals surface area contributed by atoms with Crippen molar-refractivity contribution < 1.29 is 5.11 Å². The van der Waals surface area contributed by atoms with Gasteiger partial charge >= 0.3 is 0 Å². The van der Waals surface area contributed by atoms with Crippen molar-refractivity contribution in [3.8, 4) is 0 Å². The van der Waals surface area contributed by atoms with Gasteiger partial charge in [-0.05, 0) is 35.6 Å². The molecule has 0 aliphatic carbocycles. The molecule has 1 atom stereocenters. The Kier molecular flexibility index (Phi) is 3.50. The Bertz CT molecular complexity index is 317. The molecule has 0 bridgehead atoms. The van der Waals surface area contributed by atoms with Crippen LogP contribution in [0.3, 0.4) is 0 Å². The second-order valence-electron chi connectivity index (χ2n) is 3.07. The van der Waals surface area contributed by atoms with Gasteiger partial charge in [-0.3, -0.25) is 0 Å². The number of nitrogens with two attached hydrogens (primary N) is 1. The number of aliphatic hydroxyl groups is 1. The molecule has 0 aromatic carbocycles. The van der Waals surface area contributed by atoms with Crippen molar-refractivity contribution in [3.05, 3.63) is 26.5 Å². The Morgan fingerprint density at radius 2 is 2.38 bits per heavy atom. The normalized spacial score (nSPS) is 15.5. The van der Waals surface area contributed by atoms with Gasteiger partial charge in [0.05, 0.1) is 12.1 Å². The minimum absolute atomic E-state index is 0.158. The van der Waals surface area contributed by atoms with Crippen LogP contribution in [0.1, 0.15) is 12.5 Å². The molecule has 1 rings (SSSR count). The largest absolute Gasteiger partial charge is 0.394 e. The minimum Gasteiger partial charge on any atom is -0.394 e. The van der Waals surface area contributed by atoms with E-state index >= 15 is 0 Å². The smallest absolute Gasteiger partial charge is 0.134 e. The summed E-state index contributed by atoms with van der Waals surface area (Å²) in [6.45, 7) is 1.56. The molecule has 1 aromatic heterocycles. The first-order valence-electron chi connectivity index (χ1n) is 3.68. The lowest BCUT2D eigenvalue weighted by Crippen LogP contribution is -2.37. The molecular formula is C8H10ClIN2O. The van der Waals surface area contributed by atoms with Crippen LogP contribution in [-0.2, 0) is 5.54 Å². The predicted molar refractivity (Wildman–Crippen MR) is 60.6 cm³/mol. The number of rotatable bonds is 2. The van der Waals surface area contributed by atoms with Crippen LogP contribution in [0.15, 0.2) is 12.3 Å². The maximum Gasteiger partial charge on any atom is 0.134 e. The molecule has 0 aliphatic heterocycles. The molecule has 0 radical (unpaired) electrons. The maximum absolute atomic E-state index is 9.05. The Hall–Kier alpha value is 0.0900. The van der Waals surface area contributed by atoms with Crippen molar-refractivity contribution in [2.24, 2.45) is 5.73 Å². The van der Waals surface area contributed by atoms with Crippen LogP contribution in [0, 0.1) is 3.57 Å². The van der Waals surface area contributed by atoms with E-state index in [1.54, 1.807) is 13.1 Å². The van der Waals surface area contributed by atoms with Crippen LogP contribution in [0.4, 0.5) is 0 Å². The van der Waals surface area contributed by atoms with Crippen LogP contribution in [-0.4, -0.2) is 16.7 Å². The summed E-state index contributed by atoms with van der Waals surface area (Å²) in [4.78, 5) is 3.96. The third-order valence-electron chi connectivity index (χ3n) is 1.75. The van der Waals surface area contributed by atoms with Crippen molar-refractivity contribution in [1.29, 1.82) is 0 Å². The molecule has 5 heteroatoms. The van der Waals surface area contributed by atoms with Crippen molar-refractivity contribution in [1.82, 2.24) is 4.98 Å². The summed E-state index contributed by atoms with van der Waals surface area (Å²) in [7, 11) is 0. The van der Waals surface area contributed by atoms with Gasteiger partial charge in [-0.1, -0.05) is 11.6 Å². The number of halogens is 2. The van der Waals surface area contributed by atoms with E-state index in [9.17, 15) is 0 Å². The van der Waals surface area contributed by atoms with Crippen LogP contribution in [0.25, 0.3) is 0 Å². The van der Waals surface area contributed by atoms with Crippen LogP contribution >= 0.6 is 34.2 Å². The Morgan fingerprint density at radius 3 is 2.92 bits per heavy atom. The van der Waals surface area contributed by atoms with E-state index in [2.05, 4.69) is 27.6 Å². The average molecular weight is 313 g/mol. The van der Waals surface area contributed by atoms with Gasteiger partial charge in [0.2, 0.25) is 0 Å². The van der Waals surface area contributed by atoms with Gasteiger partial charge in [-0.2, -0.15) is 0 Å². The molecule has 1 aromatic rings. The molecule has 3 nitrogen and oxygen atoms in total. The van der Waals surface area contributed by atoms with Gasteiger partial charge in [0.15, 0.2) is 0 Å². The topological polar surface area (TPSA) is 59.1 Å². The van der Waals surface area contributed by atoms with Crippen LogP contribution < -0.4 is 5.73 Å². The molecule has 0 aliphatic rings. The number of nitrogens with zero attached hydrogens (tertiary/aromatic N) is 1. The molecule has 0 saturated carbocycles. The summed E-state index contributed by atoms with van der Waals surface area (Å²) >= 11 is 7.97. The van der Waals surface area contributed by atoms with E-state index < -0.39 is 5.54 Å². The predicted octanol–water partition coefficient (Wildman–Crippen LogP) is 1.51. The highest BCUT2D eigenvalue weighted by Gasteiger charge is 2.23. The van der Waals surface area contributed by atoms with Gasteiger partial charge in [0.1, 0.15) is 5.15 Å². The molecule has 1 heterocycles. The van der Waals surface area contributed by atoms with Gasteiger partial charge in [0.25, 0.3) is 0 Å². The summed E-state index contributed by atoms with van der Waals surface area (Å²) < 4.78 is 0.946. The third-order valence-corrected chi connectivity index (χ3v) is 2.64. The molecule has 0 fully saturated rings. The van der Waals surface area contributed by atoms with Crippen molar-refractivity contribution >= 4 is 34.2 Å². The quantitative estimate of drug-likeness (QED) is 0.643. The lowest BCUT2D eigenvalue weighted by atomic mass is 9.96. The second kappa shape index (κ2) is 4.08. The highest BCUT2D eigenvalue weighted by atomic mass is 127.